The summed E-state index contributed by atoms with van der Waals surface area (Å²) in [6.07, 6.45) is 90.2. The van der Waals surface area contributed by atoms with Crippen molar-refractivity contribution in [2.24, 2.45) is 0 Å². The third-order valence-electron chi connectivity index (χ3n) is 15.1. The van der Waals surface area contributed by atoms with Gasteiger partial charge in [-0.2, -0.15) is 0 Å². The van der Waals surface area contributed by atoms with Crippen LogP contribution in [0.15, 0.2) is 85.1 Å². The Hall–Kier alpha value is -3.41. The second kappa shape index (κ2) is 68.1. The highest BCUT2D eigenvalue weighted by atomic mass is 16.6. The lowest BCUT2D eigenvalue weighted by molar-refractivity contribution is -0.167. The number of carbonyl (C=O) groups is 3. The van der Waals surface area contributed by atoms with Crippen molar-refractivity contribution in [1.29, 1.82) is 0 Å². The fourth-order valence-corrected chi connectivity index (χ4v) is 9.93. The molecule has 0 bridgehead atoms. The van der Waals surface area contributed by atoms with Crippen molar-refractivity contribution >= 4 is 17.9 Å². The van der Waals surface area contributed by atoms with Crippen molar-refractivity contribution in [3.63, 3.8) is 0 Å². The normalized spacial score (nSPS) is 12.6. The zero-order valence-electron chi connectivity index (χ0n) is 53.1. The Morgan fingerprint density at radius 2 is 0.487 bits per heavy atom. The molecule has 0 aromatic rings. The molecule has 0 saturated heterocycles. The monoisotopic (exact) mass is 1110 g/mol. The van der Waals surface area contributed by atoms with Crippen LogP contribution in [0.4, 0.5) is 0 Å². The number of hydrogen-bond acceptors (Lipinski definition) is 6. The lowest BCUT2D eigenvalue weighted by Gasteiger charge is -2.18. The molecule has 0 amide bonds. The molecule has 0 saturated carbocycles. The Labute approximate surface area is 496 Å². The minimum absolute atomic E-state index is 0.0792. The van der Waals surface area contributed by atoms with E-state index in [1.165, 1.54) is 212 Å². The molecule has 0 aliphatic carbocycles. The molecule has 0 N–H and O–H groups in total. The van der Waals surface area contributed by atoms with Crippen LogP contribution in [0.2, 0.25) is 0 Å². The Bertz CT molecular complexity index is 1520. The molecule has 1 unspecified atom stereocenters. The fourth-order valence-electron chi connectivity index (χ4n) is 9.93. The summed E-state index contributed by atoms with van der Waals surface area (Å²) in [6, 6.07) is 0. The van der Waals surface area contributed by atoms with E-state index >= 15 is 0 Å². The molecular formula is C74H130O6. The van der Waals surface area contributed by atoms with Crippen LogP contribution >= 0.6 is 0 Å². The predicted molar refractivity (Wildman–Crippen MR) is 348 cm³/mol. The molecule has 0 radical (unpaired) electrons. The van der Waals surface area contributed by atoms with Crippen LogP contribution in [0.5, 0.6) is 0 Å². The Morgan fingerprint density at radius 3 is 0.775 bits per heavy atom. The quantitative estimate of drug-likeness (QED) is 0.0261. The predicted octanol–water partition coefficient (Wildman–Crippen LogP) is 23.8. The van der Waals surface area contributed by atoms with E-state index in [2.05, 4.69) is 106 Å². The van der Waals surface area contributed by atoms with Crippen LogP contribution in [-0.4, -0.2) is 37.2 Å². The molecule has 0 aromatic heterocycles. The summed E-state index contributed by atoms with van der Waals surface area (Å²) in [5.74, 6) is -0.874. The van der Waals surface area contributed by atoms with E-state index < -0.39 is 6.10 Å². The van der Waals surface area contributed by atoms with Gasteiger partial charge in [0.2, 0.25) is 0 Å². The van der Waals surface area contributed by atoms with Gasteiger partial charge in [-0.25, -0.2) is 0 Å². The van der Waals surface area contributed by atoms with Gasteiger partial charge in [0.1, 0.15) is 13.2 Å². The molecule has 0 fully saturated rings. The number of hydrogen-bond donors (Lipinski definition) is 0. The Balaban J connectivity index is 4.37. The number of unbranched alkanes of at least 4 members (excludes halogenated alkanes) is 38. The molecule has 462 valence electrons. The van der Waals surface area contributed by atoms with Gasteiger partial charge in [0, 0.05) is 19.3 Å². The molecule has 0 aliphatic rings. The van der Waals surface area contributed by atoms with E-state index in [-0.39, 0.29) is 31.1 Å². The Morgan fingerprint density at radius 1 is 0.263 bits per heavy atom. The van der Waals surface area contributed by atoms with Gasteiger partial charge in [-0.05, 0) is 116 Å². The van der Waals surface area contributed by atoms with Crippen molar-refractivity contribution < 1.29 is 28.6 Å². The lowest BCUT2D eigenvalue weighted by atomic mass is 10.1. The van der Waals surface area contributed by atoms with Crippen LogP contribution in [0.1, 0.15) is 348 Å². The first kappa shape index (κ1) is 76.6. The minimum atomic E-state index is -0.784. The number of rotatable bonds is 63. The standard InChI is InChI=1S/C74H130O6/c1-4-7-10-13-16-19-22-25-28-31-34-35-36-37-38-39-41-43-46-49-52-55-58-61-64-67-73(76)79-70-71(69-78-72(75)66-63-60-57-54-51-48-45-42-33-30-27-24-21-18-15-12-9-6-3)80-74(77)68-65-62-59-56-53-50-47-44-40-32-29-26-23-20-17-14-11-8-5-2/h7,10,16,19,25-26,28-30,33-35,37-38,71H,4-6,8-9,11-15,17-18,20-24,27,31-32,36,39-70H2,1-3H3/b10-7-,19-16-,28-25-,29-26-,33-30-,35-34-,38-37-. The average Bonchev–Trinajstić information content (AvgIpc) is 3.46. The van der Waals surface area contributed by atoms with Gasteiger partial charge >= 0.3 is 17.9 Å². The fraction of sp³-hybridized carbons (Fsp3) is 0.770. The molecule has 0 spiro atoms. The molecule has 6 heteroatoms. The first-order chi connectivity index (χ1) is 39.5. The Kier molecular flexibility index (Phi) is 65.2. The highest BCUT2D eigenvalue weighted by molar-refractivity contribution is 5.71. The zero-order valence-corrected chi connectivity index (χ0v) is 53.1. The summed E-state index contributed by atoms with van der Waals surface area (Å²) < 4.78 is 17.0. The maximum Gasteiger partial charge on any atom is 0.306 e. The molecule has 0 aromatic carbocycles. The topological polar surface area (TPSA) is 78.9 Å². The van der Waals surface area contributed by atoms with Crippen LogP contribution < -0.4 is 0 Å². The SMILES string of the molecule is CC/C=C\C/C=C\C/C=C\C/C=C\C/C=C\CCCCCCCCCCCC(=O)OCC(COC(=O)CCCCCCCCC/C=C\CCCCCCCCC)OC(=O)CCCCCCCCCCC/C=C\CCCCCCCC. The largest absolute Gasteiger partial charge is 0.462 e. The second-order valence-corrected chi connectivity index (χ2v) is 23.1. The van der Waals surface area contributed by atoms with Gasteiger partial charge in [-0.1, -0.05) is 298 Å². The first-order valence-corrected chi connectivity index (χ1v) is 34.6. The van der Waals surface area contributed by atoms with E-state index in [1.54, 1.807) is 0 Å². The number of ether oxygens (including phenoxy) is 3. The highest BCUT2D eigenvalue weighted by Gasteiger charge is 2.19. The molecule has 80 heavy (non-hydrogen) atoms. The maximum atomic E-state index is 13.0. The summed E-state index contributed by atoms with van der Waals surface area (Å²) in [5.41, 5.74) is 0. The van der Waals surface area contributed by atoms with E-state index in [9.17, 15) is 14.4 Å². The van der Waals surface area contributed by atoms with E-state index in [0.717, 1.165) is 96.3 Å². The van der Waals surface area contributed by atoms with Gasteiger partial charge in [0.25, 0.3) is 0 Å². The summed E-state index contributed by atoms with van der Waals surface area (Å²) in [6.45, 7) is 6.56. The second-order valence-electron chi connectivity index (χ2n) is 23.1. The third-order valence-corrected chi connectivity index (χ3v) is 15.1. The highest BCUT2D eigenvalue weighted by Crippen LogP contribution is 2.17. The van der Waals surface area contributed by atoms with Crippen molar-refractivity contribution in [3.05, 3.63) is 85.1 Å². The average molecular weight is 1120 g/mol. The van der Waals surface area contributed by atoms with E-state index in [4.69, 9.17) is 14.2 Å². The number of esters is 3. The van der Waals surface area contributed by atoms with E-state index in [1.807, 2.05) is 0 Å². The molecule has 0 aliphatic heterocycles. The minimum Gasteiger partial charge on any atom is -0.462 e. The molecule has 0 heterocycles. The zero-order chi connectivity index (χ0) is 57.8. The summed E-state index contributed by atoms with van der Waals surface area (Å²) in [4.78, 5) is 38.5. The lowest BCUT2D eigenvalue weighted by Crippen LogP contribution is -2.30. The van der Waals surface area contributed by atoms with Gasteiger partial charge in [0.05, 0.1) is 0 Å². The molecule has 1 atom stereocenters. The van der Waals surface area contributed by atoms with Crippen molar-refractivity contribution in [2.75, 3.05) is 13.2 Å². The van der Waals surface area contributed by atoms with Crippen LogP contribution in [0, 0.1) is 0 Å². The summed E-state index contributed by atoms with van der Waals surface area (Å²) in [7, 11) is 0. The molecule has 0 rings (SSSR count). The van der Waals surface area contributed by atoms with Gasteiger partial charge < -0.3 is 14.2 Å². The summed E-state index contributed by atoms with van der Waals surface area (Å²) >= 11 is 0. The first-order valence-electron chi connectivity index (χ1n) is 34.6. The molecular weight excluding hydrogens is 985 g/mol. The van der Waals surface area contributed by atoms with Gasteiger partial charge in [-0.15, -0.1) is 0 Å². The van der Waals surface area contributed by atoms with E-state index in [0.29, 0.717) is 19.3 Å². The number of carbonyl (C=O) groups excluding carboxylic acids is 3. The van der Waals surface area contributed by atoms with Crippen LogP contribution in [-0.2, 0) is 28.6 Å². The van der Waals surface area contributed by atoms with Gasteiger partial charge in [-0.3, -0.25) is 14.4 Å². The van der Waals surface area contributed by atoms with Crippen LogP contribution in [0.25, 0.3) is 0 Å². The molecule has 6 nitrogen and oxygen atoms in total. The van der Waals surface area contributed by atoms with Crippen molar-refractivity contribution in [3.8, 4) is 0 Å². The number of allylic oxidation sites excluding steroid dienone is 14. The van der Waals surface area contributed by atoms with Gasteiger partial charge in [0.15, 0.2) is 6.10 Å². The smallest absolute Gasteiger partial charge is 0.306 e. The third kappa shape index (κ3) is 65.4. The maximum absolute atomic E-state index is 13.0. The van der Waals surface area contributed by atoms with Crippen LogP contribution in [0.3, 0.4) is 0 Å². The van der Waals surface area contributed by atoms with Crippen molar-refractivity contribution in [2.45, 2.75) is 354 Å². The van der Waals surface area contributed by atoms with Crippen molar-refractivity contribution in [1.82, 2.24) is 0 Å². The summed E-state index contributed by atoms with van der Waals surface area (Å²) in [5, 5.41) is 0.